The minimum Gasteiger partial charge on any atom is -0.395 e. The summed E-state index contributed by atoms with van der Waals surface area (Å²) in [6.07, 6.45) is 3.79. The van der Waals surface area contributed by atoms with E-state index in [4.69, 9.17) is 4.42 Å². The SMILES string of the molecule is CC(CNC(=O)c1ccc([N+](=O)[O-])o1)CN1CCCCC1. The summed E-state index contributed by atoms with van der Waals surface area (Å²) in [7, 11) is 0. The van der Waals surface area contributed by atoms with E-state index < -0.39 is 16.7 Å². The van der Waals surface area contributed by atoms with Gasteiger partial charge in [0.25, 0.3) is 5.91 Å². The van der Waals surface area contributed by atoms with Crippen LogP contribution in [0.4, 0.5) is 5.88 Å². The van der Waals surface area contributed by atoms with Crippen molar-refractivity contribution in [1.82, 2.24) is 10.2 Å². The summed E-state index contributed by atoms with van der Waals surface area (Å²) < 4.78 is 4.87. The molecule has 1 unspecified atom stereocenters. The molecule has 1 N–H and O–H groups in total. The van der Waals surface area contributed by atoms with Gasteiger partial charge in [0.1, 0.15) is 4.92 Å². The van der Waals surface area contributed by atoms with E-state index in [9.17, 15) is 14.9 Å². The monoisotopic (exact) mass is 295 g/mol. The summed E-state index contributed by atoms with van der Waals surface area (Å²) >= 11 is 0. The molecule has 116 valence electrons. The van der Waals surface area contributed by atoms with Crippen LogP contribution in [-0.2, 0) is 0 Å². The van der Waals surface area contributed by atoms with Gasteiger partial charge in [0.15, 0.2) is 5.76 Å². The summed E-state index contributed by atoms with van der Waals surface area (Å²) in [5.74, 6) is -0.515. The van der Waals surface area contributed by atoms with Crippen molar-refractivity contribution in [1.29, 1.82) is 0 Å². The first-order valence-corrected chi connectivity index (χ1v) is 7.31. The molecule has 0 spiro atoms. The molecule has 21 heavy (non-hydrogen) atoms. The fourth-order valence-electron chi connectivity index (χ4n) is 2.55. The molecular formula is C14H21N3O4. The van der Waals surface area contributed by atoms with E-state index in [0.717, 1.165) is 19.6 Å². The molecule has 1 aliphatic rings. The predicted octanol–water partition coefficient (Wildman–Crippen LogP) is 2.04. The van der Waals surface area contributed by atoms with Crippen molar-refractivity contribution < 1.29 is 14.1 Å². The summed E-state index contributed by atoms with van der Waals surface area (Å²) in [4.78, 5) is 24.1. The van der Waals surface area contributed by atoms with Crippen LogP contribution in [0.5, 0.6) is 0 Å². The molecule has 2 heterocycles. The molecule has 0 aliphatic carbocycles. The Bertz CT molecular complexity index is 494. The lowest BCUT2D eigenvalue weighted by Gasteiger charge is -2.29. The number of piperidine rings is 1. The van der Waals surface area contributed by atoms with Crippen molar-refractivity contribution in [2.24, 2.45) is 5.92 Å². The average Bonchev–Trinajstić information content (AvgIpc) is 2.96. The third-order valence-electron chi connectivity index (χ3n) is 3.63. The Hall–Kier alpha value is -1.89. The Kier molecular flexibility index (Phi) is 5.32. The zero-order valence-electron chi connectivity index (χ0n) is 12.2. The van der Waals surface area contributed by atoms with Gasteiger partial charge in [-0.2, -0.15) is 0 Å². The molecule has 1 atom stereocenters. The van der Waals surface area contributed by atoms with Gasteiger partial charge in [-0.25, -0.2) is 0 Å². The molecule has 2 rings (SSSR count). The van der Waals surface area contributed by atoms with Crippen LogP contribution in [0.25, 0.3) is 0 Å². The normalized spacial score (nSPS) is 17.4. The van der Waals surface area contributed by atoms with Crippen molar-refractivity contribution in [3.8, 4) is 0 Å². The number of carbonyl (C=O) groups excluding carboxylic acids is 1. The number of hydrogen-bond acceptors (Lipinski definition) is 5. The van der Waals surface area contributed by atoms with Crippen LogP contribution in [0.2, 0.25) is 0 Å². The molecule has 0 radical (unpaired) electrons. The number of nitrogens with one attached hydrogen (secondary N) is 1. The van der Waals surface area contributed by atoms with Crippen LogP contribution < -0.4 is 5.32 Å². The zero-order chi connectivity index (χ0) is 15.2. The topological polar surface area (TPSA) is 88.6 Å². The fraction of sp³-hybridized carbons (Fsp3) is 0.643. The van der Waals surface area contributed by atoms with Gasteiger partial charge in [0.05, 0.1) is 6.07 Å². The number of rotatable bonds is 6. The second-order valence-corrected chi connectivity index (χ2v) is 5.57. The van der Waals surface area contributed by atoms with Crippen molar-refractivity contribution >= 4 is 11.8 Å². The van der Waals surface area contributed by atoms with Gasteiger partial charge in [-0.1, -0.05) is 13.3 Å². The highest BCUT2D eigenvalue weighted by molar-refractivity contribution is 5.91. The van der Waals surface area contributed by atoms with Crippen LogP contribution in [0.1, 0.15) is 36.7 Å². The maximum atomic E-state index is 11.8. The first-order chi connectivity index (χ1) is 10.1. The van der Waals surface area contributed by atoms with Crippen LogP contribution in [0.3, 0.4) is 0 Å². The van der Waals surface area contributed by atoms with Crippen molar-refractivity contribution in [2.75, 3.05) is 26.2 Å². The molecule has 7 heteroatoms. The number of furan rings is 1. The Balaban J connectivity index is 1.75. The molecule has 0 bridgehead atoms. The number of nitro groups is 1. The molecule has 1 amide bonds. The number of amides is 1. The van der Waals surface area contributed by atoms with E-state index in [1.807, 2.05) is 0 Å². The maximum Gasteiger partial charge on any atom is 0.433 e. The molecule has 0 aromatic carbocycles. The van der Waals surface area contributed by atoms with E-state index in [-0.39, 0.29) is 5.76 Å². The molecule has 1 aliphatic heterocycles. The van der Waals surface area contributed by atoms with Gasteiger partial charge >= 0.3 is 5.88 Å². The number of nitrogens with zero attached hydrogens (tertiary/aromatic N) is 2. The van der Waals surface area contributed by atoms with E-state index >= 15 is 0 Å². The standard InChI is InChI=1S/C14H21N3O4/c1-11(10-16-7-3-2-4-8-16)9-15-14(18)12-5-6-13(21-12)17(19)20/h5-6,11H,2-4,7-10H2,1H3,(H,15,18). The van der Waals surface area contributed by atoms with E-state index in [1.54, 1.807) is 0 Å². The van der Waals surface area contributed by atoms with Crippen molar-refractivity contribution in [3.63, 3.8) is 0 Å². The predicted molar refractivity (Wildman–Crippen MR) is 77.2 cm³/mol. The average molecular weight is 295 g/mol. The van der Waals surface area contributed by atoms with Crippen LogP contribution >= 0.6 is 0 Å². The van der Waals surface area contributed by atoms with Crippen molar-refractivity contribution in [3.05, 3.63) is 28.0 Å². The largest absolute Gasteiger partial charge is 0.433 e. The molecule has 1 aromatic heterocycles. The molecule has 1 aromatic rings. The van der Waals surface area contributed by atoms with Crippen LogP contribution in [0.15, 0.2) is 16.5 Å². The second kappa shape index (κ2) is 7.21. The minimum atomic E-state index is -0.657. The van der Waals surface area contributed by atoms with Crippen LogP contribution in [-0.4, -0.2) is 41.9 Å². The summed E-state index contributed by atoms with van der Waals surface area (Å²) in [5, 5.41) is 13.3. The third kappa shape index (κ3) is 4.56. The quantitative estimate of drug-likeness (QED) is 0.641. The Morgan fingerprint density at radius 2 is 2.14 bits per heavy atom. The first kappa shape index (κ1) is 15.5. The third-order valence-corrected chi connectivity index (χ3v) is 3.63. The second-order valence-electron chi connectivity index (χ2n) is 5.57. The van der Waals surface area contributed by atoms with Gasteiger partial charge in [-0.3, -0.25) is 14.9 Å². The maximum absolute atomic E-state index is 11.8. The van der Waals surface area contributed by atoms with E-state index in [0.29, 0.717) is 12.5 Å². The number of likely N-dealkylation sites (tertiary alicyclic amines) is 1. The summed E-state index contributed by atoms with van der Waals surface area (Å²) in [6.45, 7) is 5.83. The Labute approximate surface area is 123 Å². The van der Waals surface area contributed by atoms with E-state index in [2.05, 4.69) is 17.1 Å². The molecule has 1 saturated heterocycles. The molecule has 0 saturated carbocycles. The van der Waals surface area contributed by atoms with Gasteiger partial charge in [0, 0.05) is 13.1 Å². The highest BCUT2D eigenvalue weighted by Gasteiger charge is 2.18. The van der Waals surface area contributed by atoms with Crippen LogP contribution in [0, 0.1) is 16.0 Å². The molecule has 1 fully saturated rings. The Morgan fingerprint density at radius 1 is 1.43 bits per heavy atom. The lowest BCUT2D eigenvalue weighted by Crippen LogP contribution is -2.37. The highest BCUT2D eigenvalue weighted by Crippen LogP contribution is 2.15. The Morgan fingerprint density at radius 3 is 2.76 bits per heavy atom. The first-order valence-electron chi connectivity index (χ1n) is 7.31. The molecule has 7 nitrogen and oxygen atoms in total. The zero-order valence-corrected chi connectivity index (χ0v) is 12.2. The van der Waals surface area contributed by atoms with Gasteiger partial charge in [-0.15, -0.1) is 0 Å². The number of carbonyl (C=O) groups is 1. The van der Waals surface area contributed by atoms with Gasteiger partial charge in [0.2, 0.25) is 0 Å². The summed E-state index contributed by atoms with van der Waals surface area (Å²) in [6, 6.07) is 2.51. The lowest BCUT2D eigenvalue weighted by atomic mass is 10.1. The molecular weight excluding hydrogens is 274 g/mol. The highest BCUT2D eigenvalue weighted by atomic mass is 16.6. The smallest absolute Gasteiger partial charge is 0.395 e. The van der Waals surface area contributed by atoms with Crippen molar-refractivity contribution in [2.45, 2.75) is 26.2 Å². The van der Waals surface area contributed by atoms with Gasteiger partial charge < -0.3 is 14.6 Å². The summed E-state index contributed by atoms with van der Waals surface area (Å²) in [5.41, 5.74) is 0. The fourth-order valence-corrected chi connectivity index (χ4v) is 2.55. The number of hydrogen-bond donors (Lipinski definition) is 1. The minimum absolute atomic E-state index is 0.0214. The van der Waals surface area contributed by atoms with Gasteiger partial charge in [-0.05, 0) is 37.9 Å². The van der Waals surface area contributed by atoms with E-state index in [1.165, 1.54) is 31.4 Å². The lowest BCUT2D eigenvalue weighted by molar-refractivity contribution is -0.402.